The number of benzene rings is 1. The van der Waals surface area contributed by atoms with Crippen LogP contribution in [-0.2, 0) is 14.4 Å². The third kappa shape index (κ3) is 3.72. The zero-order valence-corrected chi connectivity index (χ0v) is 15.0. The second kappa shape index (κ2) is 7.86. The summed E-state index contributed by atoms with van der Waals surface area (Å²) in [6.07, 6.45) is 2.36. The lowest BCUT2D eigenvalue weighted by Crippen LogP contribution is -2.47. The van der Waals surface area contributed by atoms with E-state index in [9.17, 15) is 14.4 Å². The maximum Gasteiger partial charge on any atom is 0.251 e. The monoisotopic (exact) mass is 359 g/mol. The molecule has 1 atom stereocenters. The molecule has 140 valence electrons. The highest BCUT2D eigenvalue weighted by molar-refractivity contribution is 6.22. The van der Waals surface area contributed by atoms with Gasteiger partial charge in [0.2, 0.25) is 11.8 Å². The van der Waals surface area contributed by atoms with E-state index in [-0.39, 0.29) is 30.1 Å². The number of anilines is 1. The predicted octanol–water partition coefficient (Wildman–Crippen LogP) is 1.30. The molecule has 2 N–H and O–H groups in total. The van der Waals surface area contributed by atoms with Crippen LogP contribution >= 0.6 is 0 Å². The first-order valence-corrected chi connectivity index (χ1v) is 9.14. The Kier molecular flexibility index (Phi) is 5.56. The Balaban J connectivity index is 1.66. The zero-order chi connectivity index (χ0) is 18.7. The molecule has 0 spiro atoms. The first-order valence-electron chi connectivity index (χ1n) is 9.14. The Bertz CT molecular complexity index is 681. The van der Waals surface area contributed by atoms with Crippen LogP contribution in [0, 0.1) is 5.92 Å². The fraction of sp³-hybridized carbons (Fsp3) is 0.526. The number of nitrogens with zero attached hydrogens (tertiary/aromatic N) is 2. The highest BCUT2D eigenvalue weighted by Gasteiger charge is 2.43. The van der Waals surface area contributed by atoms with E-state index >= 15 is 0 Å². The van der Waals surface area contributed by atoms with Crippen LogP contribution in [0.4, 0.5) is 5.69 Å². The SMILES string of the molecule is CCCOc1ccc(N2C(=O)CC(N3CCC(C(N)=O)CC3)C2=O)cc1. The van der Waals surface area contributed by atoms with Gasteiger partial charge < -0.3 is 10.5 Å². The van der Waals surface area contributed by atoms with Crippen molar-refractivity contribution in [3.05, 3.63) is 24.3 Å². The van der Waals surface area contributed by atoms with Crippen LogP contribution in [0.5, 0.6) is 5.75 Å². The molecule has 1 aromatic rings. The number of rotatable bonds is 6. The van der Waals surface area contributed by atoms with Crippen LogP contribution in [0.2, 0.25) is 0 Å². The molecule has 26 heavy (non-hydrogen) atoms. The maximum absolute atomic E-state index is 12.8. The molecule has 7 heteroatoms. The van der Waals surface area contributed by atoms with Gasteiger partial charge in [0.1, 0.15) is 5.75 Å². The molecule has 0 aromatic heterocycles. The van der Waals surface area contributed by atoms with Gasteiger partial charge in [0.05, 0.1) is 24.8 Å². The Labute approximate surface area is 153 Å². The van der Waals surface area contributed by atoms with Gasteiger partial charge in [0.25, 0.3) is 5.91 Å². The fourth-order valence-corrected chi connectivity index (χ4v) is 3.58. The van der Waals surface area contributed by atoms with E-state index in [2.05, 4.69) is 0 Å². The number of carbonyl (C=O) groups excluding carboxylic acids is 3. The molecule has 2 saturated heterocycles. The van der Waals surface area contributed by atoms with E-state index in [1.165, 1.54) is 4.90 Å². The van der Waals surface area contributed by atoms with Gasteiger partial charge in [-0.15, -0.1) is 0 Å². The molecule has 1 unspecified atom stereocenters. The van der Waals surface area contributed by atoms with Gasteiger partial charge in [-0.05, 0) is 56.6 Å². The number of nitrogens with two attached hydrogens (primary N) is 1. The van der Waals surface area contributed by atoms with Crippen LogP contribution in [0.15, 0.2) is 24.3 Å². The summed E-state index contributed by atoms with van der Waals surface area (Å²) in [6, 6.07) is 6.58. The summed E-state index contributed by atoms with van der Waals surface area (Å²) < 4.78 is 5.54. The number of piperidine rings is 1. The van der Waals surface area contributed by atoms with Gasteiger partial charge in [-0.25, -0.2) is 4.90 Å². The van der Waals surface area contributed by atoms with Gasteiger partial charge in [-0.2, -0.15) is 0 Å². The van der Waals surface area contributed by atoms with Crippen molar-refractivity contribution in [2.75, 3.05) is 24.6 Å². The minimum atomic E-state index is -0.452. The molecule has 0 aliphatic carbocycles. The van der Waals surface area contributed by atoms with Crippen LogP contribution in [-0.4, -0.2) is 48.4 Å². The summed E-state index contributed by atoms with van der Waals surface area (Å²) in [5, 5.41) is 0. The highest BCUT2D eigenvalue weighted by atomic mass is 16.5. The number of primary amides is 1. The Hall–Kier alpha value is -2.41. The lowest BCUT2D eigenvalue weighted by molar-refractivity contribution is -0.124. The molecule has 2 aliphatic rings. The number of hydrogen-bond donors (Lipinski definition) is 1. The summed E-state index contributed by atoms with van der Waals surface area (Å²) in [7, 11) is 0. The molecular formula is C19H25N3O4. The first-order chi connectivity index (χ1) is 12.5. The van der Waals surface area contributed by atoms with E-state index in [0.29, 0.717) is 38.2 Å². The summed E-state index contributed by atoms with van der Waals surface area (Å²) >= 11 is 0. The number of hydrogen-bond acceptors (Lipinski definition) is 5. The van der Waals surface area contributed by atoms with E-state index in [0.717, 1.165) is 12.2 Å². The van der Waals surface area contributed by atoms with Crippen LogP contribution in [0.1, 0.15) is 32.6 Å². The molecule has 0 bridgehead atoms. The Morgan fingerprint density at radius 2 is 1.85 bits per heavy atom. The Morgan fingerprint density at radius 3 is 2.42 bits per heavy atom. The molecule has 0 saturated carbocycles. The van der Waals surface area contributed by atoms with Gasteiger partial charge in [-0.1, -0.05) is 6.92 Å². The average Bonchev–Trinajstić information content (AvgIpc) is 2.95. The van der Waals surface area contributed by atoms with Crippen molar-refractivity contribution in [1.29, 1.82) is 0 Å². The smallest absolute Gasteiger partial charge is 0.251 e. The number of likely N-dealkylation sites (tertiary alicyclic amines) is 1. The molecule has 2 fully saturated rings. The van der Waals surface area contributed by atoms with Crippen molar-refractivity contribution in [3.8, 4) is 5.75 Å². The number of amides is 3. The third-order valence-electron chi connectivity index (χ3n) is 5.06. The quantitative estimate of drug-likeness (QED) is 0.773. The summed E-state index contributed by atoms with van der Waals surface area (Å²) in [4.78, 5) is 39.8. The maximum atomic E-state index is 12.8. The van der Waals surface area contributed by atoms with Crippen molar-refractivity contribution >= 4 is 23.4 Å². The largest absolute Gasteiger partial charge is 0.494 e. The molecule has 2 aliphatic heterocycles. The molecule has 3 amide bonds. The molecule has 1 aromatic carbocycles. The van der Waals surface area contributed by atoms with Crippen molar-refractivity contribution in [3.63, 3.8) is 0 Å². The van der Waals surface area contributed by atoms with Gasteiger partial charge >= 0.3 is 0 Å². The second-order valence-electron chi connectivity index (χ2n) is 6.84. The highest BCUT2D eigenvalue weighted by Crippen LogP contribution is 2.29. The number of carbonyl (C=O) groups is 3. The molecule has 3 rings (SSSR count). The standard InChI is InChI=1S/C19H25N3O4/c1-2-11-26-15-5-3-14(4-6-15)22-17(23)12-16(19(22)25)21-9-7-13(8-10-21)18(20)24/h3-6,13,16H,2,7-12H2,1H3,(H2,20,24). The summed E-state index contributed by atoms with van der Waals surface area (Å²) in [6.45, 7) is 3.87. The van der Waals surface area contributed by atoms with E-state index in [1.54, 1.807) is 24.3 Å². The van der Waals surface area contributed by atoms with Crippen molar-refractivity contribution < 1.29 is 19.1 Å². The minimum Gasteiger partial charge on any atom is -0.494 e. The normalized spacial score (nSPS) is 22.0. The van der Waals surface area contributed by atoms with Crippen molar-refractivity contribution in [1.82, 2.24) is 4.90 Å². The fourth-order valence-electron chi connectivity index (χ4n) is 3.58. The minimum absolute atomic E-state index is 0.134. The lowest BCUT2D eigenvalue weighted by atomic mass is 9.95. The second-order valence-corrected chi connectivity index (χ2v) is 6.84. The Morgan fingerprint density at radius 1 is 1.19 bits per heavy atom. The van der Waals surface area contributed by atoms with E-state index in [1.807, 2.05) is 11.8 Å². The number of ether oxygens (including phenoxy) is 1. The lowest BCUT2D eigenvalue weighted by Gasteiger charge is -2.33. The van der Waals surface area contributed by atoms with Crippen molar-refractivity contribution in [2.24, 2.45) is 11.7 Å². The molecule has 7 nitrogen and oxygen atoms in total. The van der Waals surface area contributed by atoms with E-state index in [4.69, 9.17) is 10.5 Å². The average molecular weight is 359 g/mol. The first kappa shape index (κ1) is 18.4. The van der Waals surface area contributed by atoms with Crippen molar-refractivity contribution in [2.45, 2.75) is 38.6 Å². The van der Waals surface area contributed by atoms with Gasteiger partial charge in [0, 0.05) is 5.92 Å². The molecular weight excluding hydrogens is 334 g/mol. The van der Waals surface area contributed by atoms with Crippen LogP contribution in [0.25, 0.3) is 0 Å². The van der Waals surface area contributed by atoms with Crippen LogP contribution in [0.3, 0.4) is 0 Å². The predicted molar refractivity (Wildman–Crippen MR) is 96.6 cm³/mol. The van der Waals surface area contributed by atoms with Gasteiger partial charge in [-0.3, -0.25) is 19.3 Å². The number of imide groups is 1. The van der Waals surface area contributed by atoms with E-state index < -0.39 is 6.04 Å². The topological polar surface area (TPSA) is 92.9 Å². The molecule has 0 radical (unpaired) electrons. The summed E-state index contributed by atoms with van der Waals surface area (Å²) in [5.74, 6) is -0.0931. The molecule has 2 heterocycles. The van der Waals surface area contributed by atoms with Gasteiger partial charge in [0.15, 0.2) is 0 Å². The zero-order valence-electron chi connectivity index (χ0n) is 15.0. The summed E-state index contributed by atoms with van der Waals surface area (Å²) in [5.41, 5.74) is 5.93. The van der Waals surface area contributed by atoms with Crippen LogP contribution < -0.4 is 15.4 Å². The third-order valence-corrected chi connectivity index (χ3v) is 5.06.